The van der Waals surface area contributed by atoms with Crippen molar-refractivity contribution in [1.82, 2.24) is 5.32 Å². The van der Waals surface area contributed by atoms with E-state index in [1.807, 2.05) is 0 Å². The number of nitrogens with one attached hydrogen (secondary N) is 1. The van der Waals surface area contributed by atoms with Crippen LogP contribution >= 0.6 is 15.9 Å². The van der Waals surface area contributed by atoms with E-state index < -0.39 is 0 Å². The largest absolute Gasteiger partial charge is 0.496 e. The number of halogens is 1. The van der Waals surface area contributed by atoms with Crippen LogP contribution in [0.1, 0.15) is 50.6 Å². The van der Waals surface area contributed by atoms with Crippen LogP contribution < -0.4 is 10.1 Å². The van der Waals surface area contributed by atoms with Crippen LogP contribution in [-0.4, -0.2) is 13.7 Å². The lowest BCUT2D eigenvalue weighted by atomic mass is 9.81. The van der Waals surface area contributed by atoms with Crippen LogP contribution in [0.4, 0.5) is 0 Å². The van der Waals surface area contributed by atoms with Crippen molar-refractivity contribution >= 4 is 15.9 Å². The van der Waals surface area contributed by atoms with Crippen molar-refractivity contribution in [2.75, 3.05) is 13.7 Å². The Labute approximate surface area is 125 Å². The van der Waals surface area contributed by atoms with Gasteiger partial charge in [0.15, 0.2) is 0 Å². The zero-order chi connectivity index (χ0) is 13.7. The Bertz CT molecular complexity index is 402. The molecular formula is C16H24BrNO. The van der Waals surface area contributed by atoms with Gasteiger partial charge < -0.3 is 10.1 Å². The summed E-state index contributed by atoms with van der Waals surface area (Å²) in [5, 5.41) is 3.67. The van der Waals surface area contributed by atoms with E-state index in [0.717, 1.165) is 22.7 Å². The summed E-state index contributed by atoms with van der Waals surface area (Å²) < 4.78 is 6.37. The molecule has 0 spiro atoms. The summed E-state index contributed by atoms with van der Waals surface area (Å²) in [6, 6.07) is 6.95. The lowest BCUT2D eigenvalue weighted by Gasteiger charge is -2.31. The maximum atomic E-state index is 5.32. The van der Waals surface area contributed by atoms with E-state index in [1.54, 1.807) is 7.11 Å². The highest BCUT2D eigenvalue weighted by atomic mass is 79.9. The molecule has 1 N–H and O–H groups in total. The van der Waals surface area contributed by atoms with Crippen molar-refractivity contribution in [3.8, 4) is 5.75 Å². The van der Waals surface area contributed by atoms with Crippen LogP contribution in [0, 0.1) is 5.92 Å². The molecule has 1 aliphatic rings. The third-order valence-corrected chi connectivity index (χ3v) is 4.70. The molecule has 1 atom stereocenters. The quantitative estimate of drug-likeness (QED) is 0.848. The Morgan fingerprint density at radius 2 is 2.05 bits per heavy atom. The minimum atomic E-state index is 0.479. The highest BCUT2D eigenvalue weighted by Crippen LogP contribution is 2.36. The Morgan fingerprint density at radius 1 is 1.32 bits per heavy atom. The van der Waals surface area contributed by atoms with Crippen LogP contribution in [0.3, 0.4) is 0 Å². The van der Waals surface area contributed by atoms with Crippen LogP contribution in [0.25, 0.3) is 0 Å². The second-order valence-electron chi connectivity index (χ2n) is 5.33. The third-order valence-electron chi connectivity index (χ3n) is 4.08. The van der Waals surface area contributed by atoms with E-state index in [9.17, 15) is 0 Å². The minimum absolute atomic E-state index is 0.479. The van der Waals surface area contributed by atoms with Gasteiger partial charge in [-0.3, -0.25) is 0 Å². The van der Waals surface area contributed by atoms with E-state index >= 15 is 0 Å². The molecule has 0 radical (unpaired) electrons. The van der Waals surface area contributed by atoms with Crippen molar-refractivity contribution in [1.29, 1.82) is 0 Å². The molecule has 2 rings (SSSR count). The number of benzene rings is 1. The van der Waals surface area contributed by atoms with E-state index in [0.29, 0.717) is 6.04 Å². The van der Waals surface area contributed by atoms with Gasteiger partial charge in [-0.2, -0.15) is 0 Å². The molecule has 3 heteroatoms. The lowest BCUT2D eigenvalue weighted by molar-refractivity contribution is 0.274. The molecule has 0 heterocycles. The van der Waals surface area contributed by atoms with Gasteiger partial charge in [-0.15, -0.1) is 0 Å². The topological polar surface area (TPSA) is 21.3 Å². The Kier molecular flexibility index (Phi) is 5.71. The van der Waals surface area contributed by atoms with Crippen molar-refractivity contribution in [3.63, 3.8) is 0 Å². The predicted octanol–water partition coefficient (Wildman–Crippen LogP) is 4.69. The molecule has 1 unspecified atom stereocenters. The average Bonchev–Trinajstić information content (AvgIpc) is 2.45. The van der Waals surface area contributed by atoms with Gasteiger partial charge in [0.1, 0.15) is 5.75 Å². The molecule has 0 saturated heterocycles. The van der Waals surface area contributed by atoms with Crippen LogP contribution in [0.15, 0.2) is 22.7 Å². The average molecular weight is 326 g/mol. The van der Waals surface area contributed by atoms with Crippen molar-refractivity contribution in [3.05, 3.63) is 28.2 Å². The number of hydrogen-bond donors (Lipinski definition) is 1. The van der Waals surface area contributed by atoms with Gasteiger partial charge >= 0.3 is 0 Å². The molecule has 106 valence electrons. The first-order chi connectivity index (χ1) is 9.26. The maximum absolute atomic E-state index is 5.32. The summed E-state index contributed by atoms with van der Waals surface area (Å²) >= 11 is 3.60. The summed E-state index contributed by atoms with van der Waals surface area (Å²) in [6.07, 6.45) is 6.86. The maximum Gasteiger partial charge on any atom is 0.133 e. The second-order valence-corrected chi connectivity index (χ2v) is 6.18. The standard InChI is InChI=1S/C16H24BrNO/c1-3-18-16(12-7-5-4-6-8-12)13-9-10-15(19-2)14(17)11-13/h9-12,16,18H,3-8H2,1-2H3. The molecule has 19 heavy (non-hydrogen) atoms. The molecule has 0 bridgehead atoms. The molecule has 0 aliphatic heterocycles. The highest BCUT2D eigenvalue weighted by molar-refractivity contribution is 9.10. The zero-order valence-electron chi connectivity index (χ0n) is 11.9. The molecule has 0 amide bonds. The number of methoxy groups -OCH3 is 1. The molecule has 2 nitrogen and oxygen atoms in total. The first-order valence-corrected chi connectivity index (χ1v) is 8.12. The van der Waals surface area contributed by atoms with Gasteiger partial charge in [-0.05, 0) is 58.9 Å². The van der Waals surface area contributed by atoms with Crippen LogP contribution in [0.5, 0.6) is 5.75 Å². The molecule has 1 aromatic rings. The van der Waals surface area contributed by atoms with Gasteiger partial charge in [-0.25, -0.2) is 0 Å². The monoisotopic (exact) mass is 325 g/mol. The second kappa shape index (κ2) is 7.30. The summed E-state index contributed by atoms with van der Waals surface area (Å²) in [5.41, 5.74) is 1.38. The third kappa shape index (κ3) is 3.73. The predicted molar refractivity (Wildman–Crippen MR) is 83.7 cm³/mol. The van der Waals surface area contributed by atoms with Gasteiger partial charge in [0.25, 0.3) is 0 Å². The Morgan fingerprint density at radius 3 is 2.63 bits per heavy atom. The molecular weight excluding hydrogens is 302 g/mol. The Balaban J connectivity index is 2.19. The fraction of sp³-hybridized carbons (Fsp3) is 0.625. The van der Waals surface area contributed by atoms with Crippen LogP contribution in [-0.2, 0) is 0 Å². The number of ether oxygens (including phenoxy) is 1. The SMILES string of the molecule is CCNC(c1ccc(OC)c(Br)c1)C1CCCCC1. The highest BCUT2D eigenvalue weighted by Gasteiger charge is 2.24. The smallest absolute Gasteiger partial charge is 0.133 e. The Hall–Kier alpha value is -0.540. The van der Waals surface area contributed by atoms with Crippen molar-refractivity contribution in [2.24, 2.45) is 5.92 Å². The van der Waals surface area contributed by atoms with Crippen molar-refractivity contribution < 1.29 is 4.74 Å². The van der Waals surface area contributed by atoms with E-state index in [4.69, 9.17) is 4.74 Å². The van der Waals surface area contributed by atoms with Gasteiger partial charge in [-0.1, -0.05) is 32.3 Å². The lowest BCUT2D eigenvalue weighted by Crippen LogP contribution is -2.29. The van der Waals surface area contributed by atoms with Gasteiger partial charge in [0.05, 0.1) is 11.6 Å². The number of hydrogen-bond acceptors (Lipinski definition) is 2. The van der Waals surface area contributed by atoms with Crippen LogP contribution in [0.2, 0.25) is 0 Å². The van der Waals surface area contributed by atoms with Gasteiger partial charge in [0, 0.05) is 6.04 Å². The number of rotatable bonds is 5. The van der Waals surface area contributed by atoms with Gasteiger partial charge in [0.2, 0.25) is 0 Å². The summed E-state index contributed by atoms with van der Waals surface area (Å²) in [7, 11) is 1.71. The summed E-state index contributed by atoms with van der Waals surface area (Å²) in [6.45, 7) is 3.21. The molecule has 1 fully saturated rings. The molecule has 0 aromatic heterocycles. The minimum Gasteiger partial charge on any atom is -0.496 e. The van der Waals surface area contributed by atoms with E-state index in [-0.39, 0.29) is 0 Å². The molecule has 1 aromatic carbocycles. The first kappa shape index (κ1) is 14.9. The van der Waals surface area contributed by atoms with E-state index in [1.165, 1.54) is 37.7 Å². The zero-order valence-corrected chi connectivity index (χ0v) is 13.5. The van der Waals surface area contributed by atoms with E-state index in [2.05, 4.69) is 46.4 Å². The van der Waals surface area contributed by atoms with Crippen molar-refractivity contribution in [2.45, 2.75) is 45.1 Å². The molecule has 1 aliphatic carbocycles. The fourth-order valence-electron chi connectivity index (χ4n) is 3.12. The fourth-order valence-corrected chi connectivity index (χ4v) is 3.68. The normalized spacial score (nSPS) is 18.3. The first-order valence-electron chi connectivity index (χ1n) is 7.33. The summed E-state index contributed by atoms with van der Waals surface area (Å²) in [5.74, 6) is 1.68. The summed E-state index contributed by atoms with van der Waals surface area (Å²) in [4.78, 5) is 0. The molecule has 1 saturated carbocycles.